The average molecular weight is 263 g/mol. The molecule has 1 saturated carbocycles. The molecule has 0 amide bonds. The quantitative estimate of drug-likeness (QED) is 0.838. The van der Waals surface area contributed by atoms with Gasteiger partial charge in [0.1, 0.15) is 5.82 Å². The molecule has 1 aromatic rings. The Kier molecular flexibility index (Phi) is 5.38. The van der Waals surface area contributed by atoms with Crippen molar-refractivity contribution in [3.8, 4) is 0 Å². The first-order chi connectivity index (χ1) is 9.19. The molecule has 1 N–H and O–H groups in total. The number of rotatable bonds is 5. The summed E-state index contributed by atoms with van der Waals surface area (Å²) in [4.78, 5) is 0. The Morgan fingerprint density at radius 1 is 1.26 bits per heavy atom. The first-order valence-electron chi connectivity index (χ1n) is 7.61. The zero-order chi connectivity index (χ0) is 13.7. The van der Waals surface area contributed by atoms with Crippen LogP contribution in [0.2, 0.25) is 0 Å². The van der Waals surface area contributed by atoms with E-state index >= 15 is 0 Å². The molecular weight excluding hydrogens is 237 g/mol. The fraction of sp³-hybridized carbons (Fsp3) is 0.647. The smallest absolute Gasteiger partial charge is 0.123 e. The lowest BCUT2D eigenvalue weighted by Gasteiger charge is -2.26. The molecule has 0 heterocycles. The lowest BCUT2D eigenvalue weighted by molar-refractivity contribution is 0.302. The molecule has 1 nitrogen and oxygen atoms in total. The Balaban J connectivity index is 1.95. The van der Waals surface area contributed by atoms with Gasteiger partial charge in [-0.05, 0) is 56.0 Å². The second kappa shape index (κ2) is 7.04. The summed E-state index contributed by atoms with van der Waals surface area (Å²) in [5, 5.41) is 3.42. The van der Waals surface area contributed by atoms with Crippen molar-refractivity contribution in [1.29, 1.82) is 0 Å². The maximum atomic E-state index is 13.3. The standard InChI is InChI=1S/C17H26FN/c1-13-8-9-16(18)11-15(13)12-17(19-2)10-14-6-4-3-5-7-14/h8-9,11,14,17,19H,3-7,10,12H2,1-2H3. The Morgan fingerprint density at radius 2 is 2.00 bits per heavy atom. The summed E-state index contributed by atoms with van der Waals surface area (Å²) in [6, 6.07) is 5.61. The molecule has 0 aliphatic heterocycles. The van der Waals surface area contributed by atoms with Gasteiger partial charge in [-0.3, -0.25) is 0 Å². The van der Waals surface area contributed by atoms with Crippen LogP contribution < -0.4 is 5.32 Å². The third-order valence-corrected chi connectivity index (χ3v) is 4.53. The maximum Gasteiger partial charge on any atom is 0.123 e. The maximum absolute atomic E-state index is 13.3. The van der Waals surface area contributed by atoms with E-state index in [1.807, 2.05) is 13.1 Å². The number of hydrogen-bond acceptors (Lipinski definition) is 1. The van der Waals surface area contributed by atoms with Crippen molar-refractivity contribution in [2.45, 2.75) is 57.9 Å². The van der Waals surface area contributed by atoms with Gasteiger partial charge < -0.3 is 5.32 Å². The number of aryl methyl sites for hydroxylation is 1. The molecule has 2 rings (SSSR count). The summed E-state index contributed by atoms with van der Waals surface area (Å²) >= 11 is 0. The lowest BCUT2D eigenvalue weighted by atomic mass is 9.83. The van der Waals surface area contributed by atoms with Gasteiger partial charge in [0.05, 0.1) is 0 Å². The lowest BCUT2D eigenvalue weighted by Crippen LogP contribution is -2.31. The minimum absolute atomic E-state index is 0.117. The Hall–Kier alpha value is -0.890. The summed E-state index contributed by atoms with van der Waals surface area (Å²) in [5.41, 5.74) is 2.35. The van der Waals surface area contributed by atoms with E-state index in [9.17, 15) is 4.39 Å². The van der Waals surface area contributed by atoms with Crippen LogP contribution in [0.25, 0.3) is 0 Å². The van der Waals surface area contributed by atoms with E-state index in [2.05, 4.69) is 12.2 Å². The predicted octanol–water partition coefficient (Wildman–Crippen LogP) is 4.24. The molecule has 0 saturated heterocycles. The zero-order valence-electron chi connectivity index (χ0n) is 12.2. The number of hydrogen-bond donors (Lipinski definition) is 1. The summed E-state index contributed by atoms with van der Waals surface area (Å²) in [5.74, 6) is 0.744. The third kappa shape index (κ3) is 4.31. The molecule has 0 spiro atoms. The normalized spacial score (nSPS) is 18.5. The Morgan fingerprint density at radius 3 is 2.68 bits per heavy atom. The van der Waals surface area contributed by atoms with Gasteiger partial charge in [0.2, 0.25) is 0 Å². The fourth-order valence-electron chi connectivity index (χ4n) is 3.25. The average Bonchev–Trinajstić information content (AvgIpc) is 2.43. The molecule has 1 aliphatic carbocycles. The van der Waals surface area contributed by atoms with Crippen LogP contribution in [0.4, 0.5) is 4.39 Å². The van der Waals surface area contributed by atoms with Gasteiger partial charge in [-0.2, -0.15) is 0 Å². The van der Waals surface area contributed by atoms with Gasteiger partial charge in [0.25, 0.3) is 0 Å². The highest BCUT2D eigenvalue weighted by molar-refractivity contribution is 5.27. The van der Waals surface area contributed by atoms with Crippen LogP contribution in [0.1, 0.15) is 49.7 Å². The van der Waals surface area contributed by atoms with E-state index in [1.54, 1.807) is 12.1 Å². The number of halogens is 1. The van der Waals surface area contributed by atoms with Crippen molar-refractivity contribution in [3.63, 3.8) is 0 Å². The van der Waals surface area contributed by atoms with Gasteiger partial charge >= 0.3 is 0 Å². The molecule has 1 atom stereocenters. The zero-order valence-corrected chi connectivity index (χ0v) is 12.2. The highest BCUT2D eigenvalue weighted by atomic mass is 19.1. The molecule has 1 aromatic carbocycles. The third-order valence-electron chi connectivity index (χ3n) is 4.53. The van der Waals surface area contributed by atoms with Crippen LogP contribution in [-0.4, -0.2) is 13.1 Å². The number of nitrogens with one attached hydrogen (secondary N) is 1. The van der Waals surface area contributed by atoms with Gasteiger partial charge in [-0.1, -0.05) is 38.2 Å². The summed E-state index contributed by atoms with van der Waals surface area (Å²) < 4.78 is 13.3. The molecule has 1 aliphatic rings. The minimum atomic E-state index is -0.117. The minimum Gasteiger partial charge on any atom is -0.317 e. The predicted molar refractivity (Wildman–Crippen MR) is 78.9 cm³/mol. The molecular formula is C17H26FN. The van der Waals surface area contributed by atoms with Crippen LogP contribution in [-0.2, 0) is 6.42 Å². The molecule has 2 heteroatoms. The van der Waals surface area contributed by atoms with E-state index in [0.29, 0.717) is 6.04 Å². The van der Waals surface area contributed by atoms with Gasteiger partial charge in [-0.15, -0.1) is 0 Å². The largest absolute Gasteiger partial charge is 0.317 e. The van der Waals surface area contributed by atoms with Gasteiger partial charge in [0.15, 0.2) is 0 Å². The van der Waals surface area contributed by atoms with Crippen LogP contribution in [0.3, 0.4) is 0 Å². The van der Waals surface area contributed by atoms with Crippen molar-refractivity contribution in [1.82, 2.24) is 5.32 Å². The monoisotopic (exact) mass is 263 g/mol. The Labute approximate surface area is 116 Å². The van der Waals surface area contributed by atoms with Crippen molar-refractivity contribution in [2.24, 2.45) is 5.92 Å². The van der Waals surface area contributed by atoms with E-state index in [0.717, 1.165) is 17.9 Å². The second-order valence-electron chi connectivity index (χ2n) is 6.00. The summed E-state index contributed by atoms with van der Waals surface area (Å²) in [6.45, 7) is 2.07. The van der Waals surface area contributed by atoms with Crippen LogP contribution in [0.15, 0.2) is 18.2 Å². The van der Waals surface area contributed by atoms with Gasteiger partial charge in [0, 0.05) is 6.04 Å². The number of likely N-dealkylation sites (N-methyl/N-ethyl adjacent to an activating group) is 1. The molecule has 0 bridgehead atoms. The highest BCUT2D eigenvalue weighted by Crippen LogP contribution is 2.28. The summed E-state index contributed by atoms with van der Waals surface area (Å²) in [6.07, 6.45) is 9.10. The number of benzene rings is 1. The first-order valence-corrected chi connectivity index (χ1v) is 7.61. The van der Waals surface area contributed by atoms with Gasteiger partial charge in [-0.25, -0.2) is 4.39 Å². The van der Waals surface area contributed by atoms with Crippen LogP contribution in [0, 0.1) is 18.7 Å². The molecule has 0 radical (unpaired) electrons. The van der Waals surface area contributed by atoms with Crippen molar-refractivity contribution in [3.05, 3.63) is 35.1 Å². The molecule has 19 heavy (non-hydrogen) atoms. The van der Waals surface area contributed by atoms with E-state index < -0.39 is 0 Å². The SMILES string of the molecule is CNC(Cc1cc(F)ccc1C)CC1CCCCC1. The van der Waals surface area contributed by atoms with E-state index in [4.69, 9.17) is 0 Å². The van der Waals surface area contributed by atoms with Crippen LogP contribution in [0.5, 0.6) is 0 Å². The highest BCUT2D eigenvalue weighted by Gasteiger charge is 2.18. The Bertz CT molecular complexity index is 396. The topological polar surface area (TPSA) is 12.0 Å². The molecule has 1 fully saturated rings. The van der Waals surface area contributed by atoms with E-state index in [1.165, 1.54) is 44.1 Å². The van der Waals surface area contributed by atoms with E-state index in [-0.39, 0.29) is 5.82 Å². The van der Waals surface area contributed by atoms with Crippen molar-refractivity contribution >= 4 is 0 Å². The molecule has 1 unspecified atom stereocenters. The first kappa shape index (κ1) is 14.5. The molecule has 0 aromatic heterocycles. The van der Waals surface area contributed by atoms with Crippen molar-refractivity contribution < 1.29 is 4.39 Å². The van der Waals surface area contributed by atoms with Crippen LogP contribution >= 0.6 is 0 Å². The molecule has 106 valence electrons. The second-order valence-corrected chi connectivity index (χ2v) is 6.00. The summed E-state index contributed by atoms with van der Waals surface area (Å²) in [7, 11) is 2.03. The fourth-order valence-corrected chi connectivity index (χ4v) is 3.25. The van der Waals surface area contributed by atoms with Crippen molar-refractivity contribution in [2.75, 3.05) is 7.05 Å².